The molecular formula is C19H36N2O2SSi. The van der Waals surface area contributed by atoms with E-state index in [2.05, 4.69) is 43.6 Å². The van der Waals surface area contributed by atoms with Gasteiger partial charge in [-0.05, 0) is 57.5 Å². The molecule has 144 valence electrons. The van der Waals surface area contributed by atoms with Crippen LogP contribution in [0.5, 0.6) is 0 Å². The van der Waals surface area contributed by atoms with Crippen LogP contribution in [-0.4, -0.2) is 34.9 Å². The fraction of sp³-hybridized carbons (Fsp3) is 0.737. The summed E-state index contributed by atoms with van der Waals surface area (Å²) in [6.45, 7) is 17.9. The normalized spacial score (nSPS) is 15.8. The maximum atomic E-state index is 12.5. The highest BCUT2D eigenvalue weighted by Crippen LogP contribution is 2.36. The molecule has 25 heavy (non-hydrogen) atoms. The molecule has 1 N–H and O–H groups in total. The standard InChI is InChI=1S/C19H36N2O2SSi/c1-18(2,3)24(22)21-17(15-16-11-9-10-13-20-16)12-14-23-25(7,8)19(4,5)6/h9-11,13,17,21H,12,14-15H2,1-8H3/t17-,24-/m0/s1. The van der Waals surface area contributed by atoms with E-state index in [4.69, 9.17) is 4.43 Å². The zero-order valence-electron chi connectivity index (χ0n) is 17.2. The number of nitrogens with one attached hydrogen (secondary N) is 1. The van der Waals surface area contributed by atoms with Gasteiger partial charge in [0.25, 0.3) is 0 Å². The molecule has 6 heteroatoms. The van der Waals surface area contributed by atoms with Gasteiger partial charge in [-0.3, -0.25) is 4.98 Å². The molecule has 0 aromatic carbocycles. The van der Waals surface area contributed by atoms with Gasteiger partial charge in [0.05, 0.1) is 15.7 Å². The summed E-state index contributed by atoms with van der Waals surface area (Å²) in [7, 11) is -2.86. The lowest BCUT2D eigenvalue weighted by atomic mass is 10.1. The van der Waals surface area contributed by atoms with E-state index in [1.807, 2.05) is 39.0 Å². The Morgan fingerprint density at radius 1 is 1.20 bits per heavy atom. The number of nitrogens with zero attached hydrogens (tertiary/aromatic N) is 1. The first-order valence-electron chi connectivity index (χ1n) is 9.05. The smallest absolute Gasteiger partial charge is 0.191 e. The van der Waals surface area contributed by atoms with Gasteiger partial charge in [0, 0.05) is 31.0 Å². The third-order valence-electron chi connectivity index (χ3n) is 4.75. The summed E-state index contributed by atoms with van der Waals surface area (Å²) >= 11 is 0. The summed E-state index contributed by atoms with van der Waals surface area (Å²) in [5.74, 6) is 0. The Kier molecular flexibility index (Phi) is 7.99. The molecule has 0 saturated heterocycles. The molecule has 0 fully saturated rings. The summed E-state index contributed by atoms with van der Waals surface area (Å²) in [5, 5.41) is 0.200. The highest BCUT2D eigenvalue weighted by Gasteiger charge is 2.37. The third kappa shape index (κ3) is 7.68. The predicted molar refractivity (Wildman–Crippen MR) is 111 cm³/mol. The van der Waals surface area contributed by atoms with Gasteiger partial charge in [-0.15, -0.1) is 0 Å². The lowest BCUT2D eigenvalue weighted by Gasteiger charge is -2.36. The highest BCUT2D eigenvalue weighted by atomic mass is 32.2. The Bertz CT molecular complexity index is 551. The van der Waals surface area contributed by atoms with Crippen molar-refractivity contribution >= 4 is 19.3 Å². The minimum absolute atomic E-state index is 0.0831. The molecule has 1 aromatic rings. The fourth-order valence-corrected chi connectivity index (χ4v) is 3.89. The minimum atomic E-state index is -1.76. The summed E-state index contributed by atoms with van der Waals surface area (Å²) in [4.78, 5) is 4.41. The number of rotatable bonds is 8. The second-order valence-electron chi connectivity index (χ2n) is 9.12. The van der Waals surface area contributed by atoms with E-state index in [1.54, 1.807) is 6.20 Å². The topological polar surface area (TPSA) is 51.2 Å². The molecule has 0 spiro atoms. The Morgan fingerprint density at radius 3 is 2.32 bits per heavy atom. The van der Waals surface area contributed by atoms with Gasteiger partial charge >= 0.3 is 0 Å². The van der Waals surface area contributed by atoms with Crippen molar-refractivity contribution in [3.05, 3.63) is 30.1 Å². The van der Waals surface area contributed by atoms with Crippen molar-refractivity contribution in [2.24, 2.45) is 0 Å². The Hall–Kier alpha value is -0.563. The minimum Gasteiger partial charge on any atom is -0.417 e. The molecule has 0 saturated carbocycles. The number of hydrogen-bond donors (Lipinski definition) is 1. The van der Waals surface area contributed by atoms with E-state index in [1.165, 1.54) is 0 Å². The molecule has 1 rings (SSSR count). The second kappa shape index (κ2) is 8.89. The average Bonchev–Trinajstić information content (AvgIpc) is 2.45. The van der Waals surface area contributed by atoms with Crippen LogP contribution in [0.3, 0.4) is 0 Å². The first-order valence-corrected chi connectivity index (χ1v) is 13.1. The van der Waals surface area contributed by atoms with Crippen molar-refractivity contribution in [1.29, 1.82) is 0 Å². The van der Waals surface area contributed by atoms with Crippen LogP contribution in [0.25, 0.3) is 0 Å². The summed E-state index contributed by atoms with van der Waals surface area (Å²) < 4.78 is 21.8. The van der Waals surface area contributed by atoms with Crippen LogP contribution in [0.2, 0.25) is 18.1 Å². The van der Waals surface area contributed by atoms with E-state index in [0.717, 1.165) is 18.5 Å². The molecule has 0 radical (unpaired) electrons. The lowest BCUT2D eigenvalue weighted by Crippen LogP contribution is -2.44. The SMILES string of the molecule is CC(C)(C)[S@](=O)N[C@@H](CCO[Si](C)(C)C(C)(C)C)Cc1ccccn1. The molecule has 2 atom stereocenters. The molecule has 0 aliphatic heterocycles. The molecule has 1 aromatic heterocycles. The molecule has 0 aliphatic rings. The molecular weight excluding hydrogens is 348 g/mol. The first-order chi connectivity index (χ1) is 11.3. The van der Waals surface area contributed by atoms with Crippen LogP contribution in [0.4, 0.5) is 0 Å². The van der Waals surface area contributed by atoms with Crippen molar-refractivity contribution in [2.75, 3.05) is 6.61 Å². The van der Waals surface area contributed by atoms with E-state index in [9.17, 15) is 4.21 Å². The molecule has 0 amide bonds. The summed E-state index contributed by atoms with van der Waals surface area (Å²) in [6, 6.07) is 6.01. The largest absolute Gasteiger partial charge is 0.417 e. The third-order valence-corrected chi connectivity index (χ3v) is 10.9. The van der Waals surface area contributed by atoms with Crippen molar-refractivity contribution in [1.82, 2.24) is 9.71 Å². The van der Waals surface area contributed by atoms with Crippen LogP contribution in [0, 0.1) is 0 Å². The van der Waals surface area contributed by atoms with Crippen molar-refractivity contribution in [3.63, 3.8) is 0 Å². The van der Waals surface area contributed by atoms with Gasteiger partial charge in [0.2, 0.25) is 0 Å². The van der Waals surface area contributed by atoms with Crippen LogP contribution in [0.15, 0.2) is 24.4 Å². The molecule has 0 unspecified atom stereocenters. The van der Waals surface area contributed by atoms with Gasteiger partial charge in [-0.25, -0.2) is 8.93 Å². The molecule has 0 bridgehead atoms. The monoisotopic (exact) mass is 384 g/mol. The van der Waals surface area contributed by atoms with Crippen LogP contribution < -0.4 is 4.72 Å². The van der Waals surface area contributed by atoms with Crippen molar-refractivity contribution in [3.8, 4) is 0 Å². The van der Waals surface area contributed by atoms with Gasteiger partial charge < -0.3 is 4.43 Å². The zero-order chi connectivity index (χ0) is 19.3. The Balaban J connectivity index is 2.73. The molecule has 0 aliphatic carbocycles. The van der Waals surface area contributed by atoms with Crippen LogP contribution in [0.1, 0.15) is 53.7 Å². The predicted octanol–water partition coefficient (Wildman–Crippen LogP) is 4.46. The Labute approximate surface area is 157 Å². The summed E-state index contributed by atoms with van der Waals surface area (Å²) in [6.07, 6.45) is 3.38. The highest BCUT2D eigenvalue weighted by molar-refractivity contribution is 7.84. The van der Waals surface area contributed by atoms with Gasteiger partial charge in [0.1, 0.15) is 0 Å². The van der Waals surface area contributed by atoms with Crippen molar-refractivity contribution in [2.45, 2.75) is 83.3 Å². The molecule has 4 nitrogen and oxygen atoms in total. The van der Waals surface area contributed by atoms with Crippen LogP contribution in [-0.2, 0) is 21.8 Å². The van der Waals surface area contributed by atoms with Gasteiger partial charge in [-0.1, -0.05) is 26.8 Å². The fourth-order valence-electron chi connectivity index (χ4n) is 1.97. The average molecular weight is 385 g/mol. The molecule has 1 heterocycles. The second-order valence-corrected chi connectivity index (χ2v) is 15.9. The van der Waals surface area contributed by atoms with Crippen molar-refractivity contribution < 1.29 is 8.63 Å². The van der Waals surface area contributed by atoms with E-state index >= 15 is 0 Å². The van der Waals surface area contributed by atoms with E-state index in [-0.39, 0.29) is 15.8 Å². The van der Waals surface area contributed by atoms with E-state index in [0.29, 0.717) is 6.61 Å². The number of aromatic nitrogens is 1. The van der Waals surface area contributed by atoms with Gasteiger partial charge in [0.15, 0.2) is 8.32 Å². The van der Waals surface area contributed by atoms with Gasteiger partial charge in [-0.2, -0.15) is 0 Å². The quantitative estimate of drug-likeness (QED) is 0.673. The first kappa shape index (κ1) is 22.5. The number of hydrogen-bond acceptors (Lipinski definition) is 3. The number of pyridine rings is 1. The van der Waals surface area contributed by atoms with E-state index < -0.39 is 19.3 Å². The zero-order valence-corrected chi connectivity index (χ0v) is 19.0. The Morgan fingerprint density at radius 2 is 1.84 bits per heavy atom. The maximum absolute atomic E-state index is 12.5. The lowest BCUT2D eigenvalue weighted by molar-refractivity contribution is 0.268. The maximum Gasteiger partial charge on any atom is 0.191 e. The summed E-state index contributed by atoms with van der Waals surface area (Å²) in [5.41, 5.74) is 1.01. The van der Waals surface area contributed by atoms with Crippen LogP contribution >= 0.6 is 0 Å².